The molecule has 3 atom stereocenters. The summed E-state index contributed by atoms with van der Waals surface area (Å²) >= 11 is 0. The van der Waals surface area contributed by atoms with E-state index < -0.39 is 0 Å². The zero-order chi connectivity index (χ0) is 15.8. The number of hydrogen-bond donors (Lipinski definition) is 3. The van der Waals surface area contributed by atoms with Gasteiger partial charge in [0.2, 0.25) is 5.91 Å². The van der Waals surface area contributed by atoms with Gasteiger partial charge in [-0.05, 0) is 50.9 Å². The SMILES string of the molecule is CC(O)CC(C)CNC(C)CC(=O)Nc1cccc(F)c1. The molecule has 1 aromatic carbocycles. The Morgan fingerprint density at radius 1 is 1.33 bits per heavy atom. The number of benzene rings is 1. The summed E-state index contributed by atoms with van der Waals surface area (Å²) in [6.07, 6.45) is 0.737. The molecule has 0 radical (unpaired) electrons. The Kier molecular flexibility index (Phi) is 7.32. The lowest BCUT2D eigenvalue weighted by molar-refractivity contribution is -0.116. The molecule has 5 heteroatoms. The van der Waals surface area contributed by atoms with Crippen LogP contribution in [0.2, 0.25) is 0 Å². The van der Waals surface area contributed by atoms with E-state index in [1.54, 1.807) is 19.1 Å². The van der Waals surface area contributed by atoms with Crippen LogP contribution in [0.1, 0.15) is 33.6 Å². The first-order valence-electron chi connectivity index (χ1n) is 7.33. The van der Waals surface area contributed by atoms with Gasteiger partial charge in [0.15, 0.2) is 0 Å². The molecule has 118 valence electrons. The third-order valence-electron chi connectivity index (χ3n) is 3.16. The van der Waals surface area contributed by atoms with E-state index >= 15 is 0 Å². The third kappa shape index (κ3) is 7.78. The Labute approximate surface area is 125 Å². The van der Waals surface area contributed by atoms with Gasteiger partial charge in [0.25, 0.3) is 0 Å². The number of rotatable bonds is 8. The van der Waals surface area contributed by atoms with E-state index in [0.29, 0.717) is 18.0 Å². The van der Waals surface area contributed by atoms with E-state index in [1.807, 2.05) is 6.92 Å². The fourth-order valence-corrected chi connectivity index (χ4v) is 2.20. The largest absolute Gasteiger partial charge is 0.393 e. The number of aliphatic hydroxyl groups excluding tert-OH is 1. The van der Waals surface area contributed by atoms with Crippen molar-refractivity contribution in [2.24, 2.45) is 5.92 Å². The minimum atomic E-state index is -0.370. The van der Waals surface area contributed by atoms with Gasteiger partial charge in [-0.3, -0.25) is 4.79 Å². The van der Waals surface area contributed by atoms with E-state index in [2.05, 4.69) is 17.6 Å². The van der Waals surface area contributed by atoms with E-state index in [-0.39, 0.29) is 23.9 Å². The van der Waals surface area contributed by atoms with Gasteiger partial charge in [0.1, 0.15) is 5.82 Å². The first-order valence-corrected chi connectivity index (χ1v) is 7.33. The second kappa shape index (κ2) is 8.74. The molecule has 1 aromatic rings. The van der Waals surface area contributed by atoms with Gasteiger partial charge >= 0.3 is 0 Å². The Balaban J connectivity index is 2.30. The summed E-state index contributed by atoms with van der Waals surface area (Å²) in [4.78, 5) is 11.8. The van der Waals surface area contributed by atoms with Crippen LogP contribution < -0.4 is 10.6 Å². The molecule has 0 aliphatic rings. The number of nitrogens with one attached hydrogen (secondary N) is 2. The highest BCUT2D eigenvalue weighted by molar-refractivity contribution is 5.91. The minimum absolute atomic E-state index is 0.0232. The number of halogens is 1. The average Bonchev–Trinajstić information content (AvgIpc) is 2.35. The van der Waals surface area contributed by atoms with Crippen LogP contribution >= 0.6 is 0 Å². The second-order valence-corrected chi connectivity index (χ2v) is 5.76. The van der Waals surface area contributed by atoms with Crippen molar-refractivity contribution in [1.29, 1.82) is 0 Å². The predicted octanol–water partition coefficient (Wildman–Crippen LogP) is 2.54. The molecule has 1 amide bonds. The Morgan fingerprint density at radius 3 is 2.67 bits per heavy atom. The normalized spacial score (nSPS) is 15.3. The maximum Gasteiger partial charge on any atom is 0.225 e. The summed E-state index contributed by atoms with van der Waals surface area (Å²) < 4.78 is 13.0. The van der Waals surface area contributed by atoms with Crippen molar-refractivity contribution in [2.45, 2.75) is 45.8 Å². The molecule has 1 rings (SSSR count). The van der Waals surface area contributed by atoms with Crippen LogP contribution in [0.25, 0.3) is 0 Å². The van der Waals surface area contributed by atoms with Gasteiger partial charge in [0, 0.05) is 18.2 Å². The molecule has 0 aromatic heterocycles. The summed E-state index contributed by atoms with van der Waals surface area (Å²) in [5, 5.41) is 15.2. The lowest BCUT2D eigenvalue weighted by Crippen LogP contribution is -2.34. The Hall–Kier alpha value is -1.46. The monoisotopic (exact) mass is 296 g/mol. The van der Waals surface area contributed by atoms with Gasteiger partial charge in [-0.1, -0.05) is 13.0 Å². The van der Waals surface area contributed by atoms with Crippen molar-refractivity contribution in [2.75, 3.05) is 11.9 Å². The van der Waals surface area contributed by atoms with Crippen molar-refractivity contribution < 1.29 is 14.3 Å². The van der Waals surface area contributed by atoms with E-state index in [9.17, 15) is 14.3 Å². The quantitative estimate of drug-likeness (QED) is 0.691. The van der Waals surface area contributed by atoms with Crippen LogP contribution in [-0.2, 0) is 4.79 Å². The van der Waals surface area contributed by atoms with Crippen LogP contribution in [0, 0.1) is 11.7 Å². The molecule has 0 aliphatic heterocycles. The molecule has 4 nitrogen and oxygen atoms in total. The van der Waals surface area contributed by atoms with Gasteiger partial charge in [-0.2, -0.15) is 0 Å². The molecule has 3 unspecified atom stereocenters. The van der Waals surface area contributed by atoms with E-state index in [4.69, 9.17) is 0 Å². The number of hydrogen-bond acceptors (Lipinski definition) is 3. The molecule has 0 fully saturated rings. The number of anilines is 1. The van der Waals surface area contributed by atoms with E-state index in [1.165, 1.54) is 12.1 Å². The molecule has 0 aliphatic carbocycles. The fourth-order valence-electron chi connectivity index (χ4n) is 2.20. The zero-order valence-corrected chi connectivity index (χ0v) is 12.9. The molecular weight excluding hydrogens is 271 g/mol. The second-order valence-electron chi connectivity index (χ2n) is 5.76. The van der Waals surface area contributed by atoms with Gasteiger partial charge < -0.3 is 15.7 Å². The van der Waals surface area contributed by atoms with Crippen molar-refractivity contribution in [3.8, 4) is 0 Å². The minimum Gasteiger partial charge on any atom is -0.393 e. The number of amides is 1. The molecule has 0 spiro atoms. The number of carbonyl (C=O) groups is 1. The molecule has 3 N–H and O–H groups in total. The molecular formula is C16H25FN2O2. The average molecular weight is 296 g/mol. The maximum atomic E-state index is 13.0. The molecule has 0 bridgehead atoms. The van der Waals surface area contributed by atoms with Crippen LogP contribution in [-0.4, -0.2) is 29.7 Å². The highest BCUT2D eigenvalue weighted by Crippen LogP contribution is 2.10. The lowest BCUT2D eigenvalue weighted by Gasteiger charge is -2.18. The summed E-state index contributed by atoms with van der Waals surface area (Å²) in [6, 6.07) is 5.87. The zero-order valence-electron chi connectivity index (χ0n) is 12.9. The molecule has 21 heavy (non-hydrogen) atoms. The van der Waals surface area contributed by atoms with E-state index in [0.717, 1.165) is 13.0 Å². The topological polar surface area (TPSA) is 61.4 Å². The Bertz CT molecular complexity index is 452. The first kappa shape index (κ1) is 17.6. The third-order valence-corrected chi connectivity index (χ3v) is 3.16. The highest BCUT2D eigenvalue weighted by atomic mass is 19.1. The molecule has 0 saturated heterocycles. The highest BCUT2D eigenvalue weighted by Gasteiger charge is 2.12. The molecule has 0 heterocycles. The van der Waals surface area contributed by atoms with Crippen LogP contribution in [0.3, 0.4) is 0 Å². The fraction of sp³-hybridized carbons (Fsp3) is 0.562. The lowest BCUT2D eigenvalue weighted by atomic mass is 10.0. The summed E-state index contributed by atoms with van der Waals surface area (Å²) in [6.45, 7) is 6.51. The standard InChI is InChI=1S/C16H25FN2O2/c1-11(7-13(3)20)10-18-12(2)8-16(21)19-15-6-4-5-14(17)9-15/h4-6,9,11-13,18,20H,7-8,10H2,1-3H3,(H,19,21). The van der Waals surface area contributed by atoms with Crippen LogP contribution in [0.5, 0.6) is 0 Å². The van der Waals surface area contributed by atoms with Crippen molar-refractivity contribution >= 4 is 11.6 Å². The van der Waals surface area contributed by atoms with Gasteiger partial charge in [-0.25, -0.2) is 4.39 Å². The molecule has 0 saturated carbocycles. The maximum absolute atomic E-state index is 13.0. The van der Waals surface area contributed by atoms with Crippen LogP contribution in [0.15, 0.2) is 24.3 Å². The Morgan fingerprint density at radius 2 is 2.05 bits per heavy atom. The summed E-state index contributed by atoms with van der Waals surface area (Å²) in [5.41, 5.74) is 0.467. The van der Waals surface area contributed by atoms with Crippen molar-refractivity contribution in [1.82, 2.24) is 5.32 Å². The smallest absolute Gasteiger partial charge is 0.225 e. The van der Waals surface area contributed by atoms with Gasteiger partial charge in [0.05, 0.1) is 6.10 Å². The van der Waals surface area contributed by atoms with Crippen LogP contribution in [0.4, 0.5) is 10.1 Å². The first-order chi connectivity index (χ1) is 9.86. The number of aliphatic hydroxyl groups is 1. The summed E-state index contributed by atoms with van der Waals surface area (Å²) in [7, 11) is 0. The predicted molar refractivity (Wildman–Crippen MR) is 82.6 cm³/mol. The van der Waals surface area contributed by atoms with Crippen molar-refractivity contribution in [3.63, 3.8) is 0 Å². The number of carbonyl (C=O) groups excluding carboxylic acids is 1. The summed E-state index contributed by atoms with van der Waals surface area (Å²) in [5.74, 6) is -0.173. The van der Waals surface area contributed by atoms with Crippen molar-refractivity contribution in [3.05, 3.63) is 30.1 Å². The van der Waals surface area contributed by atoms with Gasteiger partial charge in [-0.15, -0.1) is 0 Å².